The molecule has 1 saturated heterocycles. The van der Waals surface area contributed by atoms with Crippen molar-refractivity contribution in [2.45, 2.75) is 37.3 Å². The fourth-order valence-electron chi connectivity index (χ4n) is 4.06. The fourth-order valence-corrected chi connectivity index (χ4v) is 6.64. The zero-order valence-electron chi connectivity index (χ0n) is 16.1. The van der Waals surface area contributed by atoms with Gasteiger partial charge in [-0.3, -0.25) is 4.90 Å². The van der Waals surface area contributed by atoms with Gasteiger partial charge in [0.1, 0.15) is 23.1 Å². The molecule has 2 aliphatic heterocycles. The van der Waals surface area contributed by atoms with Gasteiger partial charge in [0.25, 0.3) is 0 Å². The van der Waals surface area contributed by atoms with E-state index < -0.39 is 32.6 Å². The van der Waals surface area contributed by atoms with Gasteiger partial charge >= 0.3 is 6.09 Å². The Bertz CT molecular complexity index is 1090. The normalized spacial score (nSPS) is 18.3. The summed E-state index contributed by atoms with van der Waals surface area (Å²) >= 11 is 2.95. The molecular formula is C20H19BrF2N2O4S. The number of ether oxygens (including phenoxy) is 1. The van der Waals surface area contributed by atoms with E-state index in [1.54, 1.807) is 4.90 Å². The highest BCUT2D eigenvalue weighted by atomic mass is 79.9. The molecule has 0 bridgehead atoms. The van der Waals surface area contributed by atoms with Crippen molar-refractivity contribution in [3.05, 3.63) is 57.6 Å². The van der Waals surface area contributed by atoms with E-state index in [9.17, 15) is 22.0 Å². The summed E-state index contributed by atoms with van der Waals surface area (Å²) in [6.45, 7) is 2.32. The monoisotopic (exact) mass is 500 g/mol. The van der Waals surface area contributed by atoms with Crippen LogP contribution in [0.15, 0.2) is 39.7 Å². The van der Waals surface area contributed by atoms with E-state index in [0.29, 0.717) is 18.9 Å². The number of sulfonamides is 1. The number of carbonyl (C=O) groups is 1. The molecule has 1 amide bonds. The number of aryl methyl sites for hydroxylation is 1. The molecule has 4 rings (SSSR count). The van der Waals surface area contributed by atoms with E-state index >= 15 is 0 Å². The number of benzene rings is 2. The standard InChI is InChI=1S/C20H19BrF2N2O4S/c1-12-3-2-4-13-11-29-20(26)25(18(12)13)15-5-7-24(8-6-15)30(27,28)19-16(21)9-14(22)10-17(19)23/h2-4,9-10,15H,5-8,11H2,1H3. The molecule has 10 heteroatoms. The minimum absolute atomic E-state index is 0.0985. The summed E-state index contributed by atoms with van der Waals surface area (Å²) in [5.41, 5.74) is 2.65. The minimum atomic E-state index is -4.17. The number of nitrogens with zero attached hydrogens (tertiary/aromatic N) is 2. The van der Waals surface area contributed by atoms with Crippen molar-refractivity contribution in [3.8, 4) is 0 Å². The first-order chi connectivity index (χ1) is 14.2. The molecule has 2 aromatic rings. The van der Waals surface area contributed by atoms with Gasteiger partial charge in [-0.1, -0.05) is 18.2 Å². The Morgan fingerprint density at radius 1 is 1.17 bits per heavy atom. The number of para-hydroxylation sites is 1. The Morgan fingerprint density at radius 3 is 2.53 bits per heavy atom. The topological polar surface area (TPSA) is 66.9 Å². The van der Waals surface area contributed by atoms with Gasteiger partial charge in [-0.05, 0) is 47.3 Å². The number of halogens is 3. The molecule has 0 radical (unpaired) electrons. The van der Waals surface area contributed by atoms with Crippen LogP contribution in [-0.4, -0.2) is 37.9 Å². The highest BCUT2D eigenvalue weighted by Crippen LogP contribution is 2.36. The molecule has 0 aliphatic carbocycles. The summed E-state index contributed by atoms with van der Waals surface area (Å²) in [6.07, 6.45) is 0.274. The second-order valence-electron chi connectivity index (χ2n) is 7.34. The molecule has 0 saturated carbocycles. The van der Waals surface area contributed by atoms with Crippen LogP contribution in [0.3, 0.4) is 0 Å². The zero-order chi connectivity index (χ0) is 21.6. The Balaban J connectivity index is 1.58. The first-order valence-electron chi connectivity index (χ1n) is 9.39. The lowest BCUT2D eigenvalue weighted by molar-refractivity contribution is 0.135. The molecule has 160 valence electrons. The first-order valence-corrected chi connectivity index (χ1v) is 11.6. The van der Waals surface area contributed by atoms with Gasteiger partial charge in [-0.15, -0.1) is 0 Å². The van der Waals surface area contributed by atoms with Crippen molar-refractivity contribution in [1.29, 1.82) is 0 Å². The third-order valence-electron chi connectivity index (χ3n) is 5.46. The molecule has 6 nitrogen and oxygen atoms in total. The maximum absolute atomic E-state index is 14.2. The number of piperidine rings is 1. The van der Waals surface area contributed by atoms with E-state index in [2.05, 4.69) is 15.9 Å². The van der Waals surface area contributed by atoms with Gasteiger partial charge in [0.05, 0.1) is 5.69 Å². The van der Waals surface area contributed by atoms with Gasteiger partial charge in [0.2, 0.25) is 10.0 Å². The molecule has 0 unspecified atom stereocenters. The van der Waals surface area contributed by atoms with E-state index in [1.807, 2.05) is 25.1 Å². The van der Waals surface area contributed by atoms with E-state index in [0.717, 1.165) is 22.9 Å². The van der Waals surface area contributed by atoms with Crippen molar-refractivity contribution < 1.29 is 26.7 Å². The summed E-state index contributed by atoms with van der Waals surface area (Å²) in [4.78, 5) is 13.5. The largest absolute Gasteiger partial charge is 0.444 e. The smallest absolute Gasteiger partial charge is 0.414 e. The maximum Gasteiger partial charge on any atom is 0.414 e. The molecule has 0 aromatic heterocycles. The van der Waals surface area contributed by atoms with Crippen molar-refractivity contribution in [1.82, 2.24) is 4.31 Å². The van der Waals surface area contributed by atoms with Crippen molar-refractivity contribution in [2.24, 2.45) is 0 Å². The van der Waals surface area contributed by atoms with E-state index in [4.69, 9.17) is 4.74 Å². The van der Waals surface area contributed by atoms with Crippen LogP contribution in [-0.2, 0) is 21.4 Å². The number of hydrogen-bond acceptors (Lipinski definition) is 4. The Labute approximate surface area is 181 Å². The second-order valence-corrected chi connectivity index (χ2v) is 10.1. The lowest BCUT2D eigenvalue weighted by Gasteiger charge is -2.40. The van der Waals surface area contributed by atoms with Gasteiger partial charge in [0, 0.05) is 35.2 Å². The van der Waals surface area contributed by atoms with Crippen LogP contribution in [0.5, 0.6) is 0 Å². The predicted octanol–water partition coefficient (Wildman–Crippen LogP) is 4.35. The van der Waals surface area contributed by atoms with Crippen LogP contribution in [0.2, 0.25) is 0 Å². The van der Waals surface area contributed by atoms with Gasteiger partial charge in [-0.25, -0.2) is 22.0 Å². The second kappa shape index (κ2) is 7.90. The van der Waals surface area contributed by atoms with Crippen LogP contribution in [0.4, 0.5) is 19.3 Å². The molecule has 0 N–H and O–H groups in total. The number of amides is 1. The SMILES string of the molecule is Cc1cccc2c1N(C1CCN(S(=O)(=O)c3c(F)cc(F)cc3Br)CC1)C(=O)OC2. The zero-order valence-corrected chi connectivity index (χ0v) is 18.5. The van der Waals surface area contributed by atoms with Gasteiger partial charge < -0.3 is 4.74 Å². The van der Waals surface area contributed by atoms with Crippen LogP contribution in [0, 0.1) is 18.6 Å². The molecule has 2 aliphatic rings. The van der Waals surface area contributed by atoms with Crippen LogP contribution in [0.25, 0.3) is 0 Å². The molecule has 1 fully saturated rings. The lowest BCUT2D eigenvalue weighted by atomic mass is 10.00. The Hall–Kier alpha value is -2.04. The number of carbonyl (C=O) groups excluding carboxylic acids is 1. The van der Waals surface area contributed by atoms with E-state index in [1.165, 1.54) is 4.31 Å². The summed E-state index contributed by atoms with van der Waals surface area (Å²) < 4.78 is 59.8. The van der Waals surface area contributed by atoms with Crippen molar-refractivity contribution >= 4 is 37.7 Å². The number of fused-ring (bicyclic) bond motifs is 1. The average Bonchev–Trinajstić information content (AvgIpc) is 2.67. The molecular weight excluding hydrogens is 482 g/mol. The number of cyclic esters (lactones) is 1. The fraction of sp³-hybridized carbons (Fsp3) is 0.350. The van der Waals surface area contributed by atoms with Gasteiger partial charge in [-0.2, -0.15) is 4.31 Å². The van der Waals surface area contributed by atoms with Crippen LogP contribution >= 0.6 is 15.9 Å². The first kappa shape index (κ1) is 21.2. The quantitative estimate of drug-likeness (QED) is 0.628. The van der Waals surface area contributed by atoms with E-state index in [-0.39, 0.29) is 30.2 Å². The number of rotatable bonds is 3. The highest BCUT2D eigenvalue weighted by molar-refractivity contribution is 9.10. The Morgan fingerprint density at radius 2 is 1.87 bits per heavy atom. The lowest BCUT2D eigenvalue weighted by Crippen LogP contribution is -2.50. The van der Waals surface area contributed by atoms with Gasteiger partial charge in [0.15, 0.2) is 0 Å². The minimum Gasteiger partial charge on any atom is -0.444 e. The van der Waals surface area contributed by atoms with Crippen molar-refractivity contribution in [3.63, 3.8) is 0 Å². The number of hydrogen-bond donors (Lipinski definition) is 0. The summed E-state index contributed by atoms with van der Waals surface area (Å²) in [5.74, 6) is -2.01. The summed E-state index contributed by atoms with van der Waals surface area (Å²) in [5, 5.41) is 0. The molecule has 0 atom stereocenters. The van der Waals surface area contributed by atoms with Crippen molar-refractivity contribution in [2.75, 3.05) is 18.0 Å². The maximum atomic E-state index is 14.2. The Kier molecular flexibility index (Phi) is 5.58. The summed E-state index contributed by atoms with van der Waals surface area (Å²) in [7, 11) is -4.17. The molecule has 0 spiro atoms. The number of anilines is 1. The third kappa shape index (κ3) is 3.61. The van der Waals surface area contributed by atoms with Crippen LogP contribution in [0.1, 0.15) is 24.0 Å². The van der Waals surface area contributed by atoms with Crippen LogP contribution < -0.4 is 4.90 Å². The predicted molar refractivity (Wildman–Crippen MR) is 110 cm³/mol. The third-order valence-corrected chi connectivity index (χ3v) is 8.32. The highest BCUT2D eigenvalue weighted by Gasteiger charge is 2.39. The molecule has 2 heterocycles. The molecule has 2 aromatic carbocycles. The summed E-state index contributed by atoms with van der Waals surface area (Å²) in [6, 6.07) is 6.94. The molecule has 30 heavy (non-hydrogen) atoms. The average molecular weight is 501 g/mol.